The average Bonchev–Trinajstić information content (AvgIpc) is 3.00. The van der Waals surface area contributed by atoms with E-state index in [1.165, 1.54) is 12.8 Å². The third kappa shape index (κ3) is 4.56. The Kier molecular flexibility index (Phi) is 5.75. The van der Waals surface area contributed by atoms with Gasteiger partial charge in [0.05, 0.1) is 6.61 Å². The Bertz CT molecular complexity index is 496. The number of hydrogen-bond acceptors (Lipinski definition) is 3. The normalized spacial score (nSPS) is 14.9. The number of amides is 2. The van der Waals surface area contributed by atoms with Gasteiger partial charge >= 0.3 is 0 Å². The lowest BCUT2D eigenvalue weighted by atomic mass is 10.1. The summed E-state index contributed by atoms with van der Waals surface area (Å²) in [5, 5.41) is 5.77. The fourth-order valence-corrected chi connectivity index (χ4v) is 2.51. The molecule has 0 aliphatic heterocycles. The van der Waals surface area contributed by atoms with E-state index in [1.54, 1.807) is 31.4 Å². The first-order valence-electron chi connectivity index (χ1n) is 7.39. The first-order chi connectivity index (χ1) is 10.2. The summed E-state index contributed by atoms with van der Waals surface area (Å²) in [7, 11) is 1.58. The molecule has 5 heteroatoms. The number of rotatable bonds is 6. The zero-order valence-corrected chi connectivity index (χ0v) is 12.4. The van der Waals surface area contributed by atoms with E-state index in [0.29, 0.717) is 24.3 Å². The van der Waals surface area contributed by atoms with E-state index in [-0.39, 0.29) is 17.9 Å². The molecule has 5 nitrogen and oxygen atoms in total. The lowest BCUT2D eigenvalue weighted by molar-refractivity contribution is 0.0937. The van der Waals surface area contributed by atoms with Crippen LogP contribution in [0, 0.1) is 0 Å². The Hall–Kier alpha value is -1.88. The number of hydrogen-bond donors (Lipinski definition) is 2. The Morgan fingerprint density at radius 3 is 2.52 bits per heavy atom. The van der Waals surface area contributed by atoms with Gasteiger partial charge in [-0.15, -0.1) is 0 Å². The summed E-state index contributed by atoms with van der Waals surface area (Å²) < 4.78 is 4.89. The van der Waals surface area contributed by atoms with Crippen molar-refractivity contribution >= 4 is 11.8 Å². The Balaban J connectivity index is 1.95. The molecule has 0 atom stereocenters. The minimum Gasteiger partial charge on any atom is -0.383 e. The molecule has 1 saturated carbocycles. The first-order valence-corrected chi connectivity index (χ1v) is 7.39. The molecule has 0 aromatic heterocycles. The van der Waals surface area contributed by atoms with Crippen LogP contribution in [-0.2, 0) is 4.74 Å². The molecule has 1 aromatic carbocycles. The van der Waals surface area contributed by atoms with E-state index in [4.69, 9.17) is 4.74 Å². The monoisotopic (exact) mass is 290 g/mol. The van der Waals surface area contributed by atoms with Gasteiger partial charge in [-0.05, 0) is 31.0 Å². The number of ether oxygens (including phenoxy) is 1. The minimum atomic E-state index is -0.192. The van der Waals surface area contributed by atoms with E-state index in [1.807, 2.05) is 0 Å². The van der Waals surface area contributed by atoms with Gasteiger partial charge in [0.15, 0.2) is 0 Å². The topological polar surface area (TPSA) is 67.4 Å². The fraction of sp³-hybridized carbons (Fsp3) is 0.500. The highest BCUT2D eigenvalue weighted by Gasteiger charge is 2.18. The molecule has 2 rings (SSSR count). The fourth-order valence-electron chi connectivity index (χ4n) is 2.51. The Morgan fingerprint density at radius 1 is 1.19 bits per heavy atom. The zero-order chi connectivity index (χ0) is 15.1. The summed E-state index contributed by atoms with van der Waals surface area (Å²) in [6, 6.07) is 7.07. The van der Waals surface area contributed by atoms with Gasteiger partial charge in [-0.1, -0.05) is 18.9 Å². The summed E-state index contributed by atoms with van der Waals surface area (Å²) in [4.78, 5) is 24.1. The third-order valence-corrected chi connectivity index (χ3v) is 3.67. The van der Waals surface area contributed by atoms with Gasteiger partial charge in [-0.3, -0.25) is 9.59 Å². The molecule has 0 unspecified atom stereocenters. The van der Waals surface area contributed by atoms with E-state index < -0.39 is 0 Å². The van der Waals surface area contributed by atoms with Crippen LogP contribution in [0.15, 0.2) is 24.3 Å². The number of carbonyl (C=O) groups is 2. The minimum absolute atomic E-state index is 0.103. The van der Waals surface area contributed by atoms with Gasteiger partial charge < -0.3 is 15.4 Å². The molecular weight excluding hydrogens is 268 g/mol. The molecule has 0 bridgehead atoms. The van der Waals surface area contributed by atoms with Crippen molar-refractivity contribution in [3.63, 3.8) is 0 Å². The molecule has 1 aromatic rings. The molecule has 1 aliphatic rings. The maximum Gasteiger partial charge on any atom is 0.251 e. The maximum absolute atomic E-state index is 12.2. The molecule has 114 valence electrons. The molecule has 0 heterocycles. The molecule has 2 amide bonds. The lowest BCUT2D eigenvalue weighted by Gasteiger charge is -2.12. The van der Waals surface area contributed by atoms with Crippen molar-refractivity contribution in [1.29, 1.82) is 0 Å². The van der Waals surface area contributed by atoms with Crippen LogP contribution < -0.4 is 10.6 Å². The SMILES string of the molecule is COCCNC(=O)c1cccc(C(=O)NC2CCCC2)c1. The molecular formula is C16H22N2O3. The predicted molar refractivity (Wildman–Crippen MR) is 80.4 cm³/mol. The standard InChI is InChI=1S/C16H22N2O3/c1-21-10-9-17-15(19)12-5-4-6-13(11-12)16(20)18-14-7-2-3-8-14/h4-6,11,14H,2-3,7-10H2,1H3,(H,17,19)(H,18,20). The van der Waals surface area contributed by atoms with Crippen molar-refractivity contribution in [2.75, 3.05) is 20.3 Å². The van der Waals surface area contributed by atoms with Gasteiger partial charge in [-0.2, -0.15) is 0 Å². The average molecular weight is 290 g/mol. The summed E-state index contributed by atoms with van der Waals surface area (Å²) in [6.45, 7) is 0.918. The van der Waals surface area contributed by atoms with Crippen LogP contribution in [0.4, 0.5) is 0 Å². The van der Waals surface area contributed by atoms with Crippen LogP contribution in [0.2, 0.25) is 0 Å². The number of methoxy groups -OCH3 is 1. The summed E-state index contributed by atoms with van der Waals surface area (Å²) in [5.74, 6) is -0.295. The number of benzene rings is 1. The van der Waals surface area contributed by atoms with Crippen LogP contribution in [0.25, 0.3) is 0 Å². The second kappa shape index (κ2) is 7.78. The van der Waals surface area contributed by atoms with Crippen molar-refractivity contribution in [1.82, 2.24) is 10.6 Å². The van der Waals surface area contributed by atoms with Crippen LogP contribution in [0.1, 0.15) is 46.4 Å². The van der Waals surface area contributed by atoms with Crippen molar-refractivity contribution in [3.05, 3.63) is 35.4 Å². The van der Waals surface area contributed by atoms with Crippen LogP contribution in [0.3, 0.4) is 0 Å². The molecule has 1 aliphatic carbocycles. The maximum atomic E-state index is 12.2. The van der Waals surface area contributed by atoms with E-state index in [0.717, 1.165) is 12.8 Å². The highest BCUT2D eigenvalue weighted by atomic mass is 16.5. The smallest absolute Gasteiger partial charge is 0.251 e. The molecule has 1 fully saturated rings. The summed E-state index contributed by atoms with van der Waals surface area (Å²) >= 11 is 0. The molecule has 0 spiro atoms. The lowest BCUT2D eigenvalue weighted by Crippen LogP contribution is -2.33. The van der Waals surface area contributed by atoms with Gasteiger partial charge in [0.25, 0.3) is 11.8 Å². The first kappa shape index (κ1) is 15.5. The van der Waals surface area contributed by atoms with Crippen molar-refractivity contribution in [2.45, 2.75) is 31.7 Å². The van der Waals surface area contributed by atoms with E-state index in [9.17, 15) is 9.59 Å². The summed E-state index contributed by atoms with van der Waals surface area (Å²) in [5.41, 5.74) is 1.02. The Labute approximate surface area is 125 Å². The van der Waals surface area contributed by atoms with E-state index >= 15 is 0 Å². The van der Waals surface area contributed by atoms with Crippen molar-refractivity contribution in [2.24, 2.45) is 0 Å². The van der Waals surface area contributed by atoms with Gasteiger partial charge in [0.1, 0.15) is 0 Å². The number of carbonyl (C=O) groups excluding carboxylic acids is 2. The van der Waals surface area contributed by atoms with Crippen LogP contribution in [0.5, 0.6) is 0 Å². The van der Waals surface area contributed by atoms with Gasteiger partial charge in [0, 0.05) is 30.8 Å². The summed E-state index contributed by atoms with van der Waals surface area (Å²) in [6.07, 6.45) is 4.44. The quantitative estimate of drug-likeness (QED) is 0.784. The second-order valence-corrected chi connectivity index (χ2v) is 5.28. The second-order valence-electron chi connectivity index (χ2n) is 5.28. The number of nitrogens with one attached hydrogen (secondary N) is 2. The Morgan fingerprint density at radius 2 is 1.86 bits per heavy atom. The van der Waals surface area contributed by atoms with Crippen LogP contribution >= 0.6 is 0 Å². The zero-order valence-electron chi connectivity index (χ0n) is 12.4. The van der Waals surface area contributed by atoms with Crippen molar-refractivity contribution < 1.29 is 14.3 Å². The highest BCUT2D eigenvalue weighted by molar-refractivity contribution is 5.99. The van der Waals surface area contributed by atoms with Gasteiger partial charge in [0.2, 0.25) is 0 Å². The predicted octanol–water partition coefficient (Wildman–Crippen LogP) is 1.74. The van der Waals surface area contributed by atoms with Crippen molar-refractivity contribution in [3.8, 4) is 0 Å². The largest absolute Gasteiger partial charge is 0.383 e. The molecule has 0 radical (unpaired) electrons. The highest BCUT2D eigenvalue weighted by Crippen LogP contribution is 2.18. The van der Waals surface area contributed by atoms with Gasteiger partial charge in [-0.25, -0.2) is 0 Å². The van der Waals surface area contributed by atoms with E-state index in [2.05, 4.69) is 10.6 Å². The third-order valence-electron chi connectivity index (χ3n) is 3.67. The molecule has 21 heavy (non-hydrogen) atoms. The molecule has 2 N–H and O–H groups in total. The van der Waals surface area contributed by atoms with Crippen LogP contribution in [-0.4, -0.2) is 38.1 Å². The molecule has 0 saturated heterocycles.